The standard InChI is InChI=1S/C52H62F7N9O6/c1-50(2,3)45(60)47(71)64-66(26-38-39(53)20-33(21-40(38)54)41-17-18-67(63-41)48(55)56)27-43(70)34(22-42(69)46(62-49(72)73-6)51(4,5)52(57,58)59)19-31-10-7-30(8-11-31)9-12-32-13-16-44(61-23-32)65-24-35-14-15-36(25-65)68(35)37-28-74-29-37/h7-8,10-11,13,16-18,20-21,23,34-37,43,45-46,48,70H,14-15,19,22,24-29,60H2,1-6H3,(H,62,72)(H,64,71)/t34-,35?,36?,43+,45-,46-/m1/s1. The van der Waals surface area contributed by atoms with Crippen molar-refractivity contribution >= 4 is 23.6 Å². The van der Waals surface area contributed by atoms with Crippen molar-refractivity contribution in [1.82, 2.24) is 35.4 Å². The average molecular weight is 1040 g/mol. The molecule has 0 radical (unpaired) electrons. The molecule has 2 amide bonds. The first kappa shape index (κ1) is 55.6. The van der Waals surface area contributed by atoms with Crippen molar-refractivity contribution in [3.8, 4) is 23.1 Å². The van der Waals surface area contributed by atoms with Crippen molar-refractivity contribution in [3.63, 3.8) is 0 Å². The minimum absolute atomic E-state index is 0.165. The van der Waals surface area contributed by atoms with Crippen molar-refractivity contribution in [2.45, 2.75) is 116 Å². The lowest BCUT2D eigenvalue weighted by atomic mass is 9.77. The van der Waals surface area contributed by atoms with E-state index in [1.165, 1.54) is 0 Å². The molecular formula is C52H62F7N9O6. The normalized spacial score (nSPS) is 19.1. The number of nitrogens with two attached hydrogens (primary N) is 1. The smallest absolute Gasteiger partial charge is 0.407 e. The highest BCUT2D eigenvalue weighted by molar-refractivity contribution is 5.88. The Morgan fingerprint density at radius 2 is 1.55 bits per heavy atom. The Labute approximate surface area is 424 Å². The van der Waals surface area contributed by atoms with Crippen molar-refractivity contribution in [3.05, 3.63) is 101 Å². The largest absolute Gasteiger partial charge is 0.453 e. The molecule has 7 rings (SSSR count). The summed E-state index contributed by atoms with van der Waals surface area (Å²) in [6.45, 7) is 5.35. The number of hydrogen-bond acceptors (Lipinski definition) is 12. The molecule has 3 fully saturated rings. The van der Waals surface area contributed by atoms with Gasteiger partial charge in [0.15, 0.2) is 5.78 Å². The molecule has 5 heterocycles. The molecule has 4 aromatic rings. The number of alkyl carbamates (subject to hydrolysis) is 1. The fourth-order valence-electron chi connectivity index (χ4n) is 9.49. The number of methoxy groups -OCH3 is 1. The first-order valence-electron chi connectivity index (χ1n) is 24.2. The number of Topliss-reactive ketones (excluding diaryl/α,β-unsaturated/α-hetero) is 1. The molecule has 15 nitrogen and oxygen atoms in total. The Balaban J connectivity index is 1.13. The number of piperazine rings is 1. The summed E-state index contributed by atoms with van der Waals surface area (Å²) in [4.78, 5) is 49.7. The third-order valence-corrected chi connectivity index (χ3v) is 14.2. The van der Waals surface area contributed by atoms with E-state index in [4.69, 9.17) is 15.5 Å². The van der Waals surface area contributed by atoms with Gasteiger partial charge < -0.3 is 30.5 Å². The van der Waals surface area contributed by atoms with Crippen molar-refractivity contribution < 1.29 is 59.7 Å². The molecule has 3 aliphatic rings. The van der Waals surface area contributed by atoms with Crippen LogP contribution in [0.3, 0.4) is 0 Å². The van der Waals surface area contributed by atoms with E-state index >= 15 is 8.78 Å². The molecule has 400 valence electrons. The zero-order valence-electron chi connectivity index (χ0n) is 41.9. The third-order valence-electron chi connectivity index (χ3n) is 14.2. The number of nitrogens with one attached hydrogen (secondary N) is 2. The number of amides is 2. The molecule has 2 unspecified atom stereocenters. The predicted octanol–water partition coefficient (Wildman–Crippen LogP) is 6.77. The quantitative estimate of drug-likeness (QED) is 0.0468. The highest BCUT2D eigenvalue weighted by atomic mass is 19.4. The summed E-state index contributed by atoms with van der Waals surface area (Å²) in [6.07, 6.45) is -4.07. The van der Waals surface area contributed by atoms with Gasteiger partial charge in [-0.2, -0.15) is 27.1 Å². The van der Waals surface area contributed by atoms with Crippen LogP contribution in [0.2, 0.25) is 0 Å². The molecule has 0 aliphatic carbocycles. The average Bonchev–Trinajstić information content (AvgIpc) is 3.91. The van der Waals surface area contributed by atoms with Gasteiger partial charge >= 0.3 is 18.8 Å². The fourth-order valence-corrected chi connectivity index (χ4v) is 9.49. The van der Waals surface area contributed by atoms with Crippen LogP contribution in [0.4, 0.5) is 41.3 Å². The van der Waals surface area contributed by atoms with E-state index in [9.17, 15) is 41.4 Å². The number of hydrogen-bond donors (Lipinski definition) is 4. The van der Waals surface area contributed by atoms with E-state index in [0.717, 1.165) is 95.3 Å². The topological polar surface area (TPSA) is 180 Å². The number of aliphatic hydroxyl groups is 1. The van der Waals surface area contributed by atoms with Crippen molar-refractivity contribution in [1.29, 1.82) is 0 Å². The lowest BCUT2D eigenvalue weighted by molar-refractivity contribution is -0.220. The zero-order chi connectivity index (χ0) is 53.9. The number of carbonyl (C=O) groups excluding carboxylic acids is 3. The molecule has 74 heavy (non-hydrogen) atoms. The van der Waals surface area contributed by atoms with E-state index < -0.39 is 102 Å². The van der Waals surface area contributed by atoms with Gasteiger partial charge in [-0.15, -0.1) is 0 Å². The molecule has 22 heteroatoms. The van der Waals surface area contributed by atoms with E-state index in [0.29, 0.717) is 39.5 Å². The minimum Gasteiger partial charge on any atom is -0.453 e. The Morgan fingerprint density at radius 3 is 2.08 bits per heavy atom. The van der Waals surface area contributed by atoms with Gasteiger partial charge in [0.05, 0.1) is 49.6 Å². The summed E-state index contributed by atoms with van der Waals surface area (Å²) in [6, 6.07) is 11.4. The molecule has 5 N–H and O–H groups in total. The molecular weight excluding hydrogens is 980 g/mol. The van der Waals surface area contributed by atoms with Gasteiger partial charge in [0.2, 0.25) is 0 Å². The first-order valence-corrected chi connectivity index (χ1v) is 24.2. The third kappa shape index (κ3) is 13.0. The number of rotatable bonds is 18. The molecule has 2 bridgehead atoms. The van der Waals surface area contributed by atoms with Gasteiger partial charge in [-0.25, -0.2) is 28.3 Å². The number of halogens is 7. The lowest BCUT2D eigenvalue weighted by Gasteiger charge is -2.47. The van der Waals surface area contributed by atoms with E-state index in [2.05, 4.69) is 36.9 Å². The van der Waals surface area contributed by atoms with Crippen LogP contribution in [0.1, 0.15) is 82.7 Å². The van der Waals surface area contributed by atoms with Crippen molar-refractivity contribution in [2.75, 3.05) is 44.9 Å². The Morgan fingerprint density at radius 1 is 0.932 bits per heavy atom. The second kappa shape index (κ2) is 22.8. The Bertz CT molecular complexity index is 2650. The van der Waals surface area contributed by atoms with Gasteiger partial charge in [0.25, 0.3) is 5.91 Å². The van der Waals surface area contributed by atoms with Crippen LogP contribution in [0.15, 0.2) is 67.0 Å². The van der Waals surface area contributed by atoms with E-state index in [1.807, 2.05) is 17.4 Å². The molecule has 3 aliphatic heterocycles. The summed E-state index contributed by atoms with van der Waals surface area (Å²) < 4.78 is 112. The van der Waals surface area contributed by atoms with Crippen LogP contribution in [-0.2, 0) is 32.0 Å². The summed E-state index contributed by atoms with van der Waals surface area (Å²) in [5.41, 5.74) is 5.83. The summed E-state index contributed by atoms with van der Waals surface area (Å²) in [7, 11) is 0.914. The predicted molar refractivity (Wildman–Crippen MR) is 259 cm³/mol. The number of aromatic nitrogens is 3. The van der Waals surface area contributed by atoms with Gasteiger partial charge in [-0.05, 0) is 92.5 Å². The maximum absolute atomic E-state index is 15.9. The number of pyridine rings is 1. The maximum Gasteiger partial charge on any atom is 0.407 e. The monoisotopic (exact) mass is 1040 g/mol. The molecule has 0 saturated carbocycles. The molecule has 2 aromatic heterocycles. The highest BCUT2D eigenvalue weighted by Crippen LogP contribution is 2.42. The number of aliphatic hydroxyl groups excluding tert-OH is 1. The summed E-state index contributed by atoms with van der Waals surface area (Å²) in [5, 5.41) is 18.7. The van der Waals surface area contributed by atoms with Gasteiger partial charge in [-0.3, -0.25) is 19.9 Å². The number of ether oxygens (including phenoxy) is 2. The first-order chi connectivity index (χ1) is 34.8. The van der Waals surface area contributed by atoms with Crippen LogP contribution < -0.4 is 21.4 Å². The molecule has 6 atom stereocenters. The van der Waals surface area contributed by atoms with Crippen LogP contribution in [0.25, 0.3) is 11.3 Å². The second-order valence-electron chi connectivity index (χ2n) is 20.8. The number of hydrazine groups is 1. The second-order valence-corrected chi connectivity index (χ2v) is 20.8. The Hall–Kier alpha value is -6.12. The van der Waals surface area contributed by atoms with Crippen LogP contribution in [0, 0.1) is 40.2 Å². The fraction of sp³-hybridized carbons (Fsp3) is 0.519. The van der Waals surface area contributed by atoms with Gasteiger partial charge in [0, 0.05) is 79.3 Å². The molecule has 0 spiro atoms. The zero-order valence-corrected chi connectivity index (χ0v) is 41.9. The van der Waals surface area contributed by atoms with Crippen LogP contribution >= 0.6 is 0 Å². The number of benzene rings is 2. The molecule has 2 aromatic carbocycles. The number of nitrogens with zero attached hydrogens (tertiary/aromatic N) is 6. The number of fused-ring (bicyclic) bond motifs is 2. The van der Waals surface area contributed by atoms with E-state index in [-0.39, 0.29) is 17.7 Å². The number of alkyl halides is 5. The van der Waals surface area contributed by atoms with Gasteiger partial charge in [-0.1, -0.05) is 44.7 Å². The highest BCUT2D eigenvalue weighted by Gasteiger charge is 2.55. The number of carbonyl (C=O) groups is 3. The number of ketones is 1. The Kier molecular flexibility index (Phi) is 17.1. The lowest BCUT2D eigenvalue weighted by Crippen LogP contribution is -2.62. The maximum atomic E-state index is 15.9. The summed E-state index contributed by atoms with van der Waals surface area (Å²) >= 11 is 0. The van der Waals surface area contributed by atoms with E-state index in [1.54, 1.807) is 51.2 Å². The van der Waals surface area contributed by atoms with Crippen LogP contribution in [0.5, 0.6) is 0 Å². The van der Waals surface area contributed by atoms with Crippen molar-refractivity contribution in [2.24, 2.45) is 22.5 Å². The summed E-state index contributed by atoms with van der Waals surface area (Å²) in [5.74, 6) is 1.51. The minimum atomic E-state index is -5.02. The SMILES string of the molecule is COC(=O)N[C@H](C(=O)C[C@@H](Cc1ccc(C#Cc2ccc(N3CC4CCC(C3)N4C3COC3)nc2)cc1)[C@@H](O)CN(Cc1c(F)cc(-c2ccn(C(F)F)n2)cc1F)NC(=O)[C@@H](N)C(C)(C)C)C(C)(C)C(F)(F)F. The van der Waals surface area contributed by atoms with Crippen LogP contribution in [-0.4, -0.2) is 130 Å². The molecule has 3 saturated heterocycles. The van der Waals surface area contributed by atoms with Gasteiger partial charge in [0.1, 0.15) is 23.5 Å². The number of anilines is 1.